The van der Waals surface area contributed by atoms with Gasteiger partial charge in [-0.3, -0.25) is 0 Å². The lowest BCUT2D eigenvalue weighted by atomic mass is 9.89. The maximum absolute atomic E-state index is 10.6. The molecule has 2 atom stereocenters. The Morgan fingerprint density at radius 1 is 1.50 bits per heavy atom. The molecule has 3 heteroatoms. The Morgan fingerprint density at radius 3 is 2.88 bits per heavy atom. The van der Waals surface area contributed by atoms with Crippen LogP contribution in [0.3, 0.4) is 0 Å². The van der Waals surface area contributed by atoms with Crippen molar-refractivity contribution in [3.63, 3.8) is 0 Å². The van der Waals surface area contributed by atoms with E-state index in [4.69, 9.17) is 4.74 Å². The summed E-state index contributed by atoms with van der Waals surface area (Å²) in [6.45, 7) is 2.10. The van der Waals surface area contributed by atoms with Crippen molar-refractivity contribution in [1.82, 2.24) is 0 Å². The van der Waals surface area contributed by atoms with Crippen LogP contribution in [0.5, 0.6) is 5.75 Å². The van der Waals surface area contributed by atoms with Crippen LogP contribution in [0.25, 0.3) is 0 Å². The molecule has 1 aliphatic rings. The van der Waals surface area contributed by atoms with E-state index in [0.29, 0.717) is 11.7 Å². The number of rotatable bonds is 3. The molecular weight excluding hydrogens is 220 g/mol. The second kappa shape index (κ2) is 4.68. The van der Waals surface area contributed by atoms with Crippen LogP contribution in [0.15, 0.2) is 24.3 Å². The maximum atomic E-state index is 10.6. The number of thioether (sulfide) groups is 1. The summed E-state index contributed by atoms with van der Waals surface area (Å²) < 4.78 is 5.32. The zero-order chi connectivity index (χ0) is 11.6. The molecule has 88 valence electrons. The van der Waals surface area contributed by atoms with Crippen molar-refractivity contribution in [3.8, 4) is 5.75 Å². The van der Waals surface area contributed by atoms with Gasteiger partial charge in [0.15, 0.2) is 0 Å². The number of hydrogen-bond acceptors (Lipinski definition) is 3. The van der Waals surface area contributed by atoms with Crippen LogP contribution >= 0.6 is 11.8 Å². The average molecular weight is 238 g/mol. The first-order chi connectivity index (χ1) is 7.65. The fraction of sp³-hybridized carbons (Fsp3) is 0.538. The summed E-state index contributed by atoms with van der Waals surface area (Å²) in [5, 5.41) is 10.9. The minimum absolute atomic E-state index is 0.303. The molecule has 1 aromatic carbocycles. The van der Waals surface area contributed by atoms with E-state index >= 15 is 0 Å². The van der Waals surface area contributed by atoms with Gasteiger partial charge in [0.05, 0.1) is 12.7 Å². The van der Waals surface area contributed by atoms with Crippen LogP contribution in [-0.2, 0) is 6.42 Å². The number of para-hydroxylation sites is 1. The quantitative estimate of drug-likeness (QED) is 0.877. The van der Waals surface area contributed by atoms with E-state index < -0.39 is 5.60 Å². The fourth-order valence-electron chi connectivity index (χ4n) is 2.18. The number of aliphatic hydroxyl groups is 1. The zero-order valence-corrected chi connectivity index (χ0v) is 10.6. The molecule has 1 aliphatic heterocycles. The molecule has 0 bridgehead atoms. The van der Waals surface area contributed by atoms with Gasteiger partial charge in [0.25, 0.3) is 0 Å². The molecule has 1 N–H and O–H groups in total. The van der Waals surface area contributed by atoms with Crippen LogP contribution in [0, 0.1) is 0 Å². The third-order valence-electron chi connectivity index (χ3n) is 3.35. The third kappa shape index (κ3) is 2.20. The van der Waals surface area contributed by atoms with Crippen LogP contribution in [0.1, 0.15) is 18.9 Å². The molecule has 16 heavy (non-hydrogen) atoms. The molecule has 1 heterocycles. The fourth-order valence-corrected chi connectivity index (χ4v) is 3.52. The number of methoxy groups -OCH3 is 1. The molecule has 1 fully saturated rings. The predicted molar refractivity (Wildman–Crippen MR) is 68.2 cm³/mol. The summed E-state index contributed by atoms with van der Waals surface area (Å²) in [5.41, 5.74) is 0.529. The van der Waals surface area contributed by atoms with Crippen molar-refractivity contribution in [1.29, 1.82) is 0 Å². The van der Waals surface area contributed by atoms with Crippen molar-refractivity contribution in [2.24, 2.45) is 0 Å². The highest BCUT2D eigenvalue weighted by atomic mass is 32.2. The molecule has 1 aromatic rings. The molecule has 0 saturated carbocycles. The SMILES string of the molecule is COc1ccccc1CC1(O)CCSC1C. The van der Waals surface area contributed by atoms with Crippen molar-refractivity contribution >= 4 is 11.8 Å². The molecule has 0 radical (unpaired) electrons. The second-order valence-corrected chi connectivity index (χ2v) is 5.80. The highest BCUT2D eigenvalue weighted by Crippen LogP contribution is 2.39. The monoisotopic (exact) mass is 238 g/mol. The smallest absolute Gasteiger partial charge is 0.122 e. The summed E-state index contributed by atoms with van der Waals surface area (Å²) in [7, 11) is 1.68. The molecule has 0 amide bonds. The first kappa shape index (κ1) is 11.8. The Hall–Kier alpha value is -0.670. The maximum Gasteiger partial charge on any atom is 0.122 e. The van der Waals surface area contributed by atoms with E-state index in [9.17, 15) is 5.11 Å². The van der Waals surface area contributed by atoms with Gasteiger partial charge in [-0.2, -0.15) is 11.8 Å². The molecule has 2 rings (SSSR count). The van der Waals surface area contributed by atoms with E-state index in [1.807, 2.05) is 36.0 Å². The molecule has 0 aliphatic carbocycles. The van der Waals surface area contributed by atoms with Crippen molar-refractivity contribution < 1.29 is 9.84 Å². The summed E-state index contributed by atoms with van der Waals surface area (Å²) in [4.78, 5) is 0. The van der Waals surface area contributed by atoms with Gasteiger partial charge in [-0.15, -0.1) is 0 Å². The van der Waals surface area contributed by atoms with Gasteiger partial charge < -0.3 is 9.84 Å². The molecule has 1 saturated heterocycles. The summed E-state index contributed by atoms with van der Waals surface area (Å²) >= 11 is 1.85. The lowest BCUT2D eigenvalue weighted by Gasteiger charge is -2.27. The summed E-state index contributed by atoms with van der Waals surface area (Å²) in [5.74, 6) is 1.92. The lowest BCUT2D eigenvalue weighted by molar-refractivity contribution is 0.0458. The van der Waals surface area contributed by atoms with Gasteiger partial charge in [-0.25, -0.2) is 0 Å². The lowest BCUT2D eigenvalue weighted by Crippen LogP contribution is -2.37. The predicted octanol–water partition coefficient (Wildman–Crippen LogP) is 2.49. The topological polar surface area (TPSA) is 29.5 Å². The zero-order valence-electron chi connectivity index (χ0n) is 9.77. The van der Waals surface area contributed by atoms with E-state index in [1.54, 1.807) is 7.11 Å². The van der Waals surface area contributed by atoms with E-state index in [0.717, 1.165) is 23.5 Å². The molecular formula is C13H18O2S. The van der Waals surface area contributed by atoms with Crippen molar-refractivity contribution in [2.75, 3.05) is 12.9 Å². The van der Waals surface area contributed by atoms with Crippen LogP contribution in [0.4, 0.5) is 0 Å². The Kier molecular flexibility index (Phi) is 3.45. The van der Waals surface area contributed by atoms with Gasteiger partial charge >= 0.3 is 0 Å². The van der Waals surface area contributed by atoms with Crippen LogP contribution in [0.2, 0.25) is 0 Å². The first-order valence-corrected chi connectivity index (χ1v) is 6.66. The minimum atomic E-state index is -0.570. The highest BCUT2D eigenvalue weighted by Gasteiger charge is 2.39. The standard InChI is InChI=1S/C13H18O2S/c1-10-13(14,7-8-16-10)9-11-5-3-4-6-12(11)15-2/h3-6,10,14H,7-9H2,1-2H3. The van der Waals surface area contributed by atoms with Gasteiger partial charge in [-0.1, -0.05) is 25.1 Å². The van der Waals surface area contributed by atoms with Gasteiger partial charge in [0.1, 0.15) is 5.75 Å². The number of ether oxygens (including phenoxy) is 1. The van der Waals surface area contributed by atoms with E-state index in [2.05, 4.69) is 6.92 Å². The molecule has 0 aromatic heterocycles. The van der Waals surface area contributed by atoms with Crippen molar-refractivity contribution in [2.45, 2.75) is 30.6 Å². The highest BCUT2D eigenvalue weighted by molar-refractivity contribution is 8.00. The van der Waals surface area contributed by atoms with Gasteiger partial charge in [-0.05, 0) is 23.8 Å². The van der Waals surface area contributed by atoms with Gasteiger partial charge in [0.2, 0.25) is 0 Å². The third-order valence-corrected chi connectivity index (χ3v) is 4.73. The Balaban J connectivity index is 2.20. The molecule has 0 spiro atoms. The normalized spacial score (nSPS) is 29.3. The first-order valence-electron chi connectivity index (χ1n) is 5.61. The Bertz CT molecular complexity index is 367. The van der Waals surface area contributed by atoms with Crippen LogP contribution in [-0.4, -0.2) is 28.8 Å². The minimum Gasteiger partial charge on any atom is -0.496 e. The molecule has 2 unspecified atom stereocenters. The second-order valence-electron chi connectivity index (χ2n) is 4.36. The number of hydrogen-bond donors (Lipinski definition) is 1. The van der Waals surface area contributed by atoms with E-state index in [1.165, 1.54) is 0 Å². The van der Waals surface area contributed by atoms with Gasteiger partial charge in [0, 0.05) is 11.7 Å². The van der Waals surface area contributed by atoms with E-state index in [-0.39, 0.29) is 0 Å². The average Bonchev–Trinajstić information content (AvgIpc) is 2.60. The molecule has 2 nitrogen and oxygen atoms in total. The summed E-state index contributed by atoms with van der Waals surface area (Å²) in [6, 6.07) is 7.94. The van der Waals surface area contributed by atoms with Crippen molar-refractivity contribution in [3.05, 3.63) is 29.8 Å². The Labute approximate surface area is 101 Å². The Morgan fingerprint density at radius 2 is 2.25 bits per heavy atom. The summed E-state index contributed by atoms with van der Waals surface area (Å²) in [6.07, 6.45) is 1.56. The number of benzene rings is 1. The largest absolute Gasteiger partial charge is 0.496 e. The van der Waals surface area contributed by atoms with Crippen LogP contribution < -0.4 is 4.74 Å².